The molecule has 1 aliphatic heterocycles. The molecule has 4 nitrogen and oxygen atoms in total. The molecular formula is C12H18Cl2N4. The first-order chi connectivity index (χ1) is 8.61. The van der Waals surface area contributed by atoms with Gasteiger partial charge in [0.2, 0.25) is 0 Å². The van der Waals surface area contributed by atoms with E-state index in [-0.39, 0.29) is 0 Å². The molecule has 2 heterocycles. The average molecular weight is 289 g/mol. The van der Waals surface area contributed by atoms with E-state index in [9.17, 15) is 0 Å². The van der Waals surface area contributed by atoms with Crippen LogP contribution in [0.3, 0.4) is 0 Å². The molecule has 0 aromatic carbocycles. The number of alkyl halides is 1. The molecule has 1 aliphatic rings. The van der Waals surface area contributed by atoms with Gasteiger partial charge in [-0.15, -0.1) is 11.6 Å². The summed E-state index contributed by atoms with van der Waals surface area (Å²) in [5, 5.41) is 0.449. The normalized spacial score (nSPS) is 20.3. The van der Waals surface area contributed by atoms with Crippen LogP contribution in [0.4, 0.5) is 5.82 Å². The second-order valence-corrected chi connectivity index (χ2v) is 5.52. The van der Waals surface area contributed by atoms with Gasteiger partial charge in [-0.25, -0.2) is 9.97 Å². The lowest BCUT2D eigenvalue weighted by molar-refractivity contribution is 0.395. The molecule has 1 fully saturated rings. The minimum absolute atomic E-state index is 0.337. The van der Waals surface area contributed by atoms with Crippen molar-refractivity contribution in [2.75, 3.05) is 38.6 Å². The van der Waals surface area contributed by atoms with Gasteiger partial charge in [-0.05, 0) is 25.9 Å². The third-order valence-electron chi connectivity index (χ3n) is 3.39. The van der Waals surface area contributed by atoms with Gasteiger partial charge in [0.25, 0.3) is 0 Å². The van der Waals surface area contributed by atoms with Crippen LogP contribution in [0.1, 0.15) is 12.0 Å². The van der Waals surface area contributed by atoms with Gasteiger partial charge in [0.15, 0.2) is 0 Å². The van der Waals surface area contributed by atoms with Crippen molar-refractivity contribution in [2.24, 2.45) is 5.92 Å². The van der Waals surface area contributed by atoms with Crippen molar-refractivity contribution in [3.63, 3.8) is 0 Å². The molecule has 100 valence electrons. The summed E-state index contributed by atoms with van der Waals surface area (Å²) in [6.07, 6.45) is 2.72. The van der Waals surface area contributed by atoms with Crippen LogP contribution in [0.25, 0.3) is 0 Å². The monoisotopic (exact) mass is 288 g/mol. The second-order valence-electron chi connectivity index (χ2n) is 4.90. The van der Waals surface area contributed by atoms with E-state index in [1.165, 1.54) is 19.3 Å². The molecule has 0 bridgehead atoms. The fraction of sp³-hybridized carbons (Fsp3) is 0.667. The highest BCUT2D eigenvalue weighted by Crippen LogP contribution is 2.26. The molecule has 1 atom stereocenters. The van der Waals surface area contributed by atoms with Crippen molar-refractivity contribution in [2.45, 2.75) is 12.3 Å². The van der Waals surface area contributed by atoms with Crippen molar-refractivity contribution in [1.82, 2.24) is 14.9 Å². The Kier molecular flexibility index (Phi) is 4.65. The van der Waals surface area contributed by atoms with Crippen LogP contribution in [0.5, 0.6) is 0 Å². The molecular weight excluding hydrogens is 271 g/mol. The fourth-order valence-electron chi connectivity index (χ4n) is 2.48. The Hall–Kier alpha value is -0.580. The maximum atomic E-state index is 6.04. The first kappa shape index (κ1) is 13.8. The van der Waals surface area contributed by atoms with Crippen LogP contribution in [0, 0.1) is 5.92 Å². The SMILES string of the molecule is CN1CCC(CN(C)c2ncnc(Cl)c2CCl)C1. The number of rotatable bonds is 4. The summed E-state index contributed by atoms with van der Waals surface area (Å²) in [4.78, 5) is 12.8. The Morgan fingerprint density at radius 3 is 2.89 bits per heavy atom. The summed E-state index contributed by atoms with van der Waals surface area (Å²) in [7, 11) is 4.19. The Morgan fingerprint density at radius 1 is 1.50 bits per heavy atom. The quantitative estimate of drug-likeness (QED) is 0.628. The van der Waals surface area contributed by atoms with E-state index < -0.39 is 0 Å². The van der Waals surface area contributed by atoms with Crippen LogP contribution in [-0.4, -0.2) is 48.6 Å². The summed E-state index contributed by atoms with van der Waals surface area (Å²) >= 11 is 12.0. The van der Waals surface area contributed by atoms with Crippen LogP contribution >= 0.6 is 23.2 Å². The zero-order chi connectivity index (χ0) is 13.1. The topological polar surface area (TPSA) is 32.3 Å². The van der Waals surface area contributed by atoms with E-state index in [4.69, 9.17) is 23.2 Å². The summed E-state index contributed by atoms with van der Waals surface area (Å²) < 4.78 is 0. The third-order valence-corrected chi connectivity index (χ3v) is 3.98. The molecule has 0 spiro atoms. The Labute approximate surface area is 118 Å². The lowest BCUT2D eigenvalue weighted by Crippen LogP contribution is -2.28. The van der Waals surface area contributed by atoms with Gasteiger partial charge >= 0.3 is 0 Å². The van der Waals surface area contributed by atoms with Gasteiger partial charge < -0.3 is 9.80 Å². The first-order valence-corrected chi connectivity index (χ1v) is 6.98. The highest BCUT2D eigenvalue weighted by atomic mass is 35.5. The van der Waals surface area contributed by atoms with E-state index in [0.717, 1.165) is 24.5 Å². The summed E-state index contributed by atoms with van der Waals surface area (Å²) in [5.41, 5.74) is 0.815. The fourth-order valence-corrected chi connectivity index (χ4v) is 2.98. The zero-order valence-corrected chi connectivity index (χ0v) is 12.2. The van der Waals surface area contributed by atoms with Gasteiger partial charge in [0, 0.05) is 25.7 Å². The van der Waals surface area contributed by atoms with Crippen LogP contribution in [0.2, 0.25) is 5.15 Å². The smallest absolute Gasteiger partial charge is 0.138 e. The van der Waals surface area contributed by atoms with Crippen LogP contribution in [0.15, 0.2) is 6.33 Å². The predicted molar refractivity (Wildman–Crippen MR) is 75.5 cm³/mol. The Morgan fingerprint density at radius 2 is 2.28 bits per heavy atom. The Bertz CT molecular complexity index is 413. The van der Waals surface area contributed by atoms with E-state index >= 15 is 0 Å². The third kappa shape index (κ3) is 3.05. The lowest BCUT2D eigenvalue weighted by atomic mass is 10.1. The summed E-state index contributed by atoms with van der Waals surface area (Å²) in [6.45, 7) is 3.28. The minimum Gasteiger partial charge on any atom is -0.359 e. The molecule has 1 unspecified atom stereocenters. The maximum absolute atomic E-state index is 6.04. The number of nitrogens with zero attached hydrogens (tertiary/aromatic N) is 4. The molecule has 2 rings (SSSR count). The van der Waals surface area contributed by atoms with Crippen molar-refractivity contribution in [3.05, 3.63) is 17.0 Å². The molecule has 0 saturated carbocycles. The number of aromatic nitrogens is 2. The second kappa shape index (κ2) is 6.04. The lowest BCUT2D eigenvalue weighted by Gasteiger charge is -2.24. The van der Waals surface area contributed by atoms with E-state index in [1.807, 2.05) is 7.05 Å². The van der Waals surface area contributed by atoms with Crippen LogP contribution < -0.4 is 4.90 Å². The van der Waals surface area contributed by atoms with Gasteiger partial charge in [0.05, 0.1) is 5.88 Å². The standard InChI is InChI=1S/C12H18Cl2N4/c1-17-4-3-9(6-17)7-18(2)12-10(5-13)11(14)15-8-16-12/h8-9H,3-7H2,1-2H3. The first-order valence-electron chi connectivity index (χ1n) is 6.06. The molecule has 0 radical (unpaired) electrons. The zero-order valence-electron chi connectivity index (χ0n) is 10.7. The molecule has 0 N–H and O–H groups in total. The van der Waals surface area contributed by atoms with Crippen molar-refractivity contribution in [1.29, 1.82) is 0 Å². The average Bonchev–Trinajstić information content (AvgIpc) is 2.74. The number of halogens is 2. The largest absolute Gasteiger partial charge is 0.359 e. The van der Waals surface area contributed by atoms with E-state index in [0.29, 0.717) is 17.0 Å². The number of hydrogen-bond donors (Lipinski definition) is 0. The molecule has 6 heteroatoms. The molecule has 1 aromatic heterocycles. The highest BCUT2D eigenvalue weighted by Gasteiger charge is 2.22. The summed E-state index contributed by atoms with van der Waals surface area (Å²) in [6, 6.07) is 0. The predicted octanol–water partition coefficient (Wildman–Crippen LogP) is 2.26. The maximum Gasteiger partial charge on any atom is 0.138 e. The van der Waals surface area contributed by atoms with Gasteiger partial charge in [-0.1, -0.05) is 11.6 Å². The molecule has 1 saturated heterocycles. The number of hydrogen-bond acceptors (Lipinski definition) is 4. The van der Waals surface area contributed by atoms with Crippen molar-refractivity contribution in [3.8, 4) is 0 Å². The Balaban J connectivity index is 2.08. The van der Waals surface area contributed by atoms with Gasteiger partial charge in [0.1, 0.15) is 17.3 Å². The molecule has 0 aliphatic carbocycles. The molecule has 18 heavy (non-hydrogen) atoms. The molecule has 0 amide bonds. The van der Waals surface area contributed by atoms with Crippen molar-refractivity contribution < 1.29 is 0 Å². The van der Waals surface area contributed by atoms with Crippen LogP contribution in [-0.2, 0) is 5.88 Å². The van der Waals surface area contributed by atoms with E-state index in [1.54, 1.807) is 0 Å². The minimum atomic E-state index is 0.337. The highest BCUT2D eigenvalue weighted by molar-refractivity contribution is 6.31. The van der Waals surface area contributed by atoms with E-state index in [2.05, 4.69) is 26.8 Å². The number of anilines is 1. The van der Waals surface area contributed by atoms with Crippen molar-refractivity contribution >= 4 is 29.0 Å². The summed E-state index contributed by atoms with van der Waals surface area (Å²) in [5.74, 6) is 1.86. The number of likely N-dealkylation sites (tertiary alicyclic amines) is 1. The van der Waals surface area contributed by atoms with Gasteiger partial charge in [-0.2, -0.15) is 0 Å². The molecule has 1 aromatic rings. The van der Waals surface area contributed by atoms with Gasteiger partial charge in [-0.3, -0.25) is 0 Å².